The molecule has 4 rings (SSSR count). The molecular weight excluding hydrogens is 546 g/mol. The summed E-state index contributed by atoms with van der Waals surface area (Å²) in [5.41, 5.74) is 2.53. The van der Waals surface area contributed by atoms with Gasteiger partial charge in [-0.3, -0.25) is 9.59 Å². The van der Waals surface area contributed by atoms with Gasteiger partial charge in [0.15, 0.2) is 0 Å². The normalized spacial score (nSPS) is 14.6. The van der Waals surface area contributed by atoms with E-state index < -0.39 is 35.6 Å². The van der Waals surface area contributed by atoms with Gasteiger partial charge < -0.3 is 30.5 Å². The van der Waals surface area contributed by atoms with Gasteiger partial charge in [0.1, 0.15) is 29.2 Å². The Morgan fingerprint density at radius 1 is 0.953 bits per heavy atom. The van der Waals surface area contributed by atoms with Gasteiger partial charge in [-0.15, -0.1) is 0 Å². The minimum absolute atomic E-state index is 0.0819. The van der Waals surface area contributed by atoms with E-state index in [4.69, 9.17) is 4.74 Å². The number of ether oxygens (including phenoxy) is 1. The largest absolute Gasteiger partial charge is 0.508 e. The molecule has 4 N–H and O–H groups in total. The molecule has 0 spiro atoms. The lowest BCUT2D eigenvalue weighted by atomic mass is 9.87. The fourth-order valence-electron chi connectivity index (χ4n) is 5.08. The zero-order valence-corrected chi connectivity index (χ0v) is 25.4. The summed E-state index contributed by atoms with van der Waals surface area (Å²) in [7, 11) is 0. The van der Waals surface area contributed by atoms with Gasteiger partial charge in [-0.2, -0.15) is 0 Å². The summed E-state index contributed by atoms with van der Waals surface area (Å²) in [5, 5.41) is 25.8. The third-order valence-corrected chi connectivity index (χ3v) is 7.55. The average molecular weight is 588 g/mol. The van der Waals surface area contributed by atoms with E-state index in [2.05, 4.69) is 10.6 Å². The van der Waals surface area contributed by atoms with Crippen molar-refractivity contribution in [2.24, 2.45) is 0 Å². The maximum Gasteiger partial charge on any atom is 0.408 e. The Balaban J connectivity index is 1.77. The van der Waals surface area contributed by atoms with E-state index >= 15 is 0 Å². The summed E-state index contributed by atoms with van der Waals surface area (Å²) in [6, 6.07) is 16.4. The molecule has 1 saturated carbocycles. The molecule has 0 bridgehead atoms. The van der Waals surface area contributed by atoms with Crippen LogP contribution >= 0.6 is 0 Å². The van der Waals surface area contributed by atoms with Gasteiger partial charge in [0, 0.05) is 18.2 Å². The first-order valence-corrected chi connectivity index (χ1v) is 14.6. The van der Waals surface area contributed by atoms with Crippen LogP contribution in [-0.4, -0.2) is 50.7 Å². The molecule has 9 nitrogen and oxygen atoms in total. The van der Waals surface area contributed by atoms with E-state index in [-0.39, 0.29) is 24.0 Å². The Morgan fingerprint density at radius 3 is 2.21 bits per heavy atom. The number of alkyl carbamates (subject to hydrolysis) is 1. The third-order valence-electron chi connectivity index (χ3n) is 7.55. The average Bonchev–Trinajstić information content (AvgIpc) is 2.90. The number of carbonyl (C=O) groups is 3. The number of hydrogen-bond acceptors (Lipinski definition) is 6. The zero-order valence-electron chi connectivity index (χ0n) is 25.4. The smallest absolute Gasteiger partial charge is 0.408 e. The summed E-state index contributed by atoms with van der Waals surface area (Å²) < 4.78 is 5.50. The van der Waals surface area contributed by atoms with E-state index in [0.29, 0.717) is 35.2 Å². The van der Waals surface area contributed by atoms with Crippen LogP contribution in [0.4, 0.5) is 10.5 Å². The van der Waals surface area contributed by atoms with E-state index in [1.165, 1.54) is 18.2 Å². The number of phenolic OH excluding ortho intramolecular Hbond substituents is 2. The molecule has 3 aromatic carbocycles. The molecule has 2 atom stereocenters. The van der Waals surface area contributed by atoms with Crippen LogP contribution in [0.3, 0.4) is 0 Å². The van der Waals surface area contributed by atoms with Crippen molar-refractivity contribution in [3.63, 3.8) is 0 Å². The number of para-hydroxylation sites is 1. The molecule has 3 amide bonds. The number of benzene rings is 3. The lowest BCUT2D eigenvalue weighted by Gasteiger charge is -2.43. The van der Waals surface area contributed by atoms with Crippen molar-refractivity contribution in [2.45, 2.75) is 84.0 Å². The van der Waals surface area contributed by atoms with Crippen molar-refractivity contribution in [1.82, 2.24) is 10.2 Å². The molecule has 0 radical (unpaired) electrons. The Bertz CT molecular complexity index is 1460. The predicted octanol–water partition coefficient (Wildman–Crippen LogP) is 5.91. The van der Waals surface area contributed by atoms with Gasteiger partial charge in [0.25, 0.3) is 5.91 Å². The molecular formula is C34H41N3O6. The number of rotatable bonds is 9. The van der Waals surface area contributed by atoms with E-state index in [0.717, 1.165) is 12.0 Å². The van der Waals surface area contributed by atoms with Crippen LogP contribution in [0.1, 0.15) is 68.3 Å². The summed E-state index contributed by atoms with van der Waals surface area (Å²) in [6.07, 6.45) is 1.67. The number of nitrogens with zero attached hydrogens (tertiary/aromatic N) is 1. The highest BCUT2D eigenvalue weighted by Gasteiger charge is 2.42. The molecule has 3 aromatic rings. The number of aromatic hydroxyl groups is 2. The van der Waals surface area contributed by atoms with Crippen LogP contribution in [0.5, 0.6) is 11.5 Å². The summed E-state index contributed by atoms with van der Waals surface area (Å²) in [5.74, 6) is -0.668. The van der Waals surface area contributed by atoms with Crippen molar-refractivity contribution >= 4 is 23.6 Å². The monoisotopic (exact) mass is 587 g/mol. The molecule has 1 aliphatic carbocycles. The van der Waals surface area contributed by atoms with Gasteiger partial charge in [-0.25, -0.2) is 4.79 Å². The molecule has 0 aliphatic heterocycles. The first-order valence-electron chi connectivity index (χ1n) is 14.6. The standard InChI is InChI=1S/C34H41N3O6/c1-21-9-6-7-12-27(21)35-31(40)30(24-15-18-29(39)22(2)19-24)37(25-10-8-11-25)32(41)28(36-33(42)43-34(3,4)5)20-23-13-16-26(38)17-14-23/h6-7,9,12-19,25,28,30,38-39H,8,10-11,20H2,1-5H3,(H,35,40)(H,36,42). The second-order valence-corrected chi connectivity index (χ2v) is 12.2. The molecule has 9 heteroatoms. The maximum absolute atomic E-state index is 14.6. The van der Waals surface area contributed by atoms with Crippen molar-refractivity contribution in [2.75, 3.05) is 5.32 Å². The Morgan fingerprint density at radius 2 is 1.63 bits per heavy atom. The molecule has 0 heterocycles. The SMILES string of the molecule is Cc1cc(C(C(=O)Nc2ccccc2C)N(C(=O)C(Cc2ccc(O)cc2)NC(=O)OC(C)(C)C)C2CCC2)ccc1O. The minimum Gasteiger partial charge on any atom is -0.508 e. The van der Waals surface area contributed by atoms with Crippen molar-refractivity contribution < 1.29 is 29.3 Å². The first-order chi connectivity index (χ1) is 20.3. The Kier molecular flexibility index (Phi) is 9.63. The molecule has 1 fully saturated rings. The Hall–Kier alpha value is -4.53. The number of hydrogen-bond donors (Lipinski definition) is 4. The zero-order chi connectivity index (χ0) is 31.3. The number of aryl methyl sites for hydroxylation is 2. The number of carbonyl (C=O) groups excluding carboxylic acids is 3. The highest BCUT2D eigenvalue weighted by Crippen LogP contribution is 2.36. The van der Waals surface area contributed by atoms with Crippen molar-refractivity contribution in [3.8, 4) is 11.5 Å². The van der Waals surface area contributed by atoms with Gasteiger partial charge in [0.2, 0.25) is 5.91 Å². The van der Waals surface area contributed by atoms with Crippen molar-refractivity contribution in [3.05, 3.63) is 89.0 Å². The molecule has 1 aliphatic rings. The first kappa shape index (κ1) is 31.4. The van der Waals surface area contributed by atoms with Crippen LogP contribution in [0.2, 0.25) is 0 Å². The third kappa shape index (κ3) is 8.06. The van der Waals surface area contributed by atoms with E-state index in [1.807, 2.05) is 25.1 Å². The molecule has 228 valence electrons. The summed E-state index contributed by atoms with van der Waals surface area (Å²) in [6.45, 7) is 8.85. The van der Waals surface area contributed by atoms with E-state index in [1.54, 1.807) is 62.9 Å². The fraction of sp³-hybridized carbons (Fsp3) is 0.382. The number of phenols is 2. The van der Waals surface area contributed by atoms with Crippen LogP contribution in [0.25, 0.3) is 0 Å². The number of nitrogens with one attached hydrogen (secondary N) is 2. The second kappa shape index (κ2) is 13.2. The highest BCUT2D eigenvalue weighted by atomic mass is 16.6. The molecule has 0 aromatic heterocycles. The number of amides is 3. The molecule has 2 unspecified atom stereocenters. The lowest BCUT2D eigenvalue weighted by molar-refractivity contribution is -0.145. The molecule has 0 saturated heterocycles. The number of anilines is 1. The van der Waals surface area contributed by atoms with Gasteiger partial charge in [-0.1, -0.05) is 36.4 Å². The summed E-state index contributed by atoms with van der Waals surface area (Å²) in [4.78, 5) is 43.4. The van der Waals surface area contributed by atoms with Gasteiger partial charge in [0.05, 0.1) is 0 Å². The van der Waals surface area contributed by atoms with Crippen LogP contribution in [0, 0.1) is 13.8 Å². The lowest BCUT2D eigenvalue weighted by Crippen LogP contribution is -2.57. The molecule has 43 heavy (non-hydrogen) atoms. The maximum atomic E-state index is 14.6. The minimum atomic E-state index is -1.06. The van der Waals surface area contributed by atoms with Crippen molar-refractivity contribution in [1.29, 1.82) is 0 Å². The van der Waals surface area contributed by atoms with Crippen LogP contribution < -0.4 is 10.6 Å². The summed E-state index contributed by atoms with van der Waals surface area (Å²) >= 11 is 0. The topological polar surface area (TPSA) is 128 Å². The highest BCUT2D eigenvalue weighted by molar-refractivity contribution is 5.99. The fourth-order valence-corrected chi connectivity index (χ4v) is 5.08. The quantitative estimate of drug-likeness (QED) is 0.246. The Labute approximate surface area is 252 Å². The second-order valence-electron chi connectivity index (χ2n) is 12.2. The van der Waals surface area contributed by atoms with E-state index in [9.17, 15) is 24.6 Å². The van der Waals surface area contributed by atoms with Crippen LogP contribution in [-0.2, 0) is 20.7 Å². The predicted molar refractivity (Wildman–Crippen MR) is 165 cm³/mol. The van der Waals surface area contributed by atoms with Crippen LogP contribution in [0.15, 0.2) is 66.7 Å². The van der Waals surface area contributed by atoms with Gasteiger partial charge in [-0.05, 0) is 106 Å². The van der Waals surface area contributed by atoms with Gasteiger partial charge >= 0.3 is 6.09 Å².